The molecular weight excluding hydrogens is 520 g/mol. The Labute approximate surface area is 240 Å². The second-order valence-corrected chi connectivity index (χ2v) is 10.8. The van der Waals surface area contributed by atoms with E-state index in [1.165, 1.54) is 27.6 Å². The summed E-state index contributed by atoms with van der Waals surface area (Å²) in [6.07, 6.45) is 7.46. The summed E-state index contributed by atoms with van der Waals surface area (Å²) in [5.74, 6) is 0.401. The minimum absolute atomic E-state index is 0.000934. The average molecular weight is 557 g/mol. The fraction of sp³-hybridized carbons (Fsp3) is 0.406. The minimum Gasteiger partial charge on any atom is -0.488 e. The number of benzene rings is 1. The number of ether oxygens (including phenoxy) is 3. The van der Waals surface area contributed by atoms with Gasteiger partial charge in [-0.05, 0) is 73.9 Å². The van der Waals surface area contributed by atoms with Gasteiger partial charge in [-0.3, -0.25) is 4.90 Å². The Kier molecular flexibility index (Phi) is 7.89. The van der Waals surface area contributed by atoms with Gasteiger partial charge in [-0.2, -0.15) is 9.78 Å². The van der Waals surface area contributed by atoms with Gasteiger partial charge in [0.05, 0.1) is 25.1 Å². The van der Waals surface area contributed by atoms with Crippen molar-refractivity contribution in [3.05, 3.63) is 88.0 Å². The summed E-state index contributed by atoms with van der Waals surface area (Å²) in [4.78, 5) is 19.1. The van der Waals surface area contributed by atoms with Crippen LogP contribution in [0.1, 0.15) is 65.9 Å². The molecule has 1 aromatic carbocycles. The molecule has 1 atom stereocenters. The third-order valence-corrected chi connectivity index (χ3v) is 8.08. The number of carboxylic acid groups (broad SMARTS) is 1. The molecule has 0 radical (unpaired) electrons. The molecule has 4 heterocycles. The van der Waals surface area contributed by atoms with Crippen molar-refractivity contribution in [3.8, 4) is 11.7 Å². The Balaban J connectivity index is 1.20. The third kappa shape index (κ3) is 5.64. The number of carbonyl (C=O) groups is 1. The van der Waals surface area contributed by atoms with Gasteiger partial charge in [0.2, 0.25) is 5.88 Å². The molecule has 9 heteroatoms. The Morgan fingerprint density at radius 3 is 2.88 bits per heavy atom. The predicted octanol–water partition coefficient (Wildman–Crippen LogP) is 5.18. The Morgan fingerprint density at radius 2 is 2.07 bits per heavy atom. The van der Waals surface area contributed by atoms with Crippen molar-refractivity contribution in [1.82, 2.24) is 19.7 Å². The largest absolute Gasteiger partial charge is 0.488 e. The molecule has 3 aliphatic rings. The molecule has 0 unspecified atom stereocenters. The zero-order chi connectivity index (χ0) is 28.3. The fourth-order valence-electron chi connectivity index (χ4n) is 5.90. The lowest BCUT2D eigenvalue weighted by Crippen LogP contribution is -2.39. The summed E-state index contributed by atoms with van der Waals surface area (Å²) >= 11 is 0. The van der Waals surface area contributed by atoms with Crippen molar-refractivity contribution >= 4 is 11.5 Å². The zero-order valence-corrected chi connectivity index (χ0v) is 23.6. The van der Waals surface area contributed by atoms with E-state index in [1.807, 2.05) is 12.1 Å². The predicted molar refractivity (Wildman–Crippen MR) is 154 cm³/mol. The number of carboxylic acids is 1. The first-order chi connectivity index (χ1) is 20.0. The number of allylic oxidation sites excluding steroid dienone is 3. The normalized spacial score (nSPS) is 19.2. The van der Waals surface area contributed by atoms with E-state index in [9.17, 15) is 9.90 Å². The van der Waals surface area contributed by atoms with Gasteiger partial charge in [0.1, 0.15) is 17.9 Å². The highest BCUT2D eigenvalue weighted by atomic mass is 16.5. The molecule has 214 valence electrons. The molecule has 1 saturated heterocycles. The van der Waals surface area contributed by atoms with Crippen molar-refractivity contribution in [3.63, 3.8) is 0 Å². The van der Waals surface area contributed by atoms with Crippen LogP contribution in [0.5, 0.6) is 5.88 Å². The number of rotatable bonds is 9. The molecule has 0 saturated carbocycles. The van der Waals surface area contributed by atoms with Crippen LogP contribution in [-0.4, -0.2) is 63.1 Å². The molecule has 1 fully saturated rings. The molecule has 2 aliphatic heterocycles. The number of aromatic nitrogens is 3. The van der Waals surface area contributed by atoms with Crippen molar-refractivity contribution in [1.29, 1.82) is 0 Å². The number of aromatic carboxylic acids is 1. The lowest BCUT2D eigenvalue weighted by atomic mass is 9.95. The van der Waals surface area contributed by atoms with Crippen LogP contribution in [0.15, 0.2) is 60.0 Å². The maximum atomic E-state index is 11.7. The van der Waals surface area contributed by atoms with E-state index < -0.39 is 5.97 Å². The summed E-state index contributed by atoms with van der Waals surface area (Å²) in [6, 6.07) is 12.9. The summed E-state index contributed by atoms with van der Waals surface area (Å²) < 4.78 is 19.2. The van der Waals surface area contributed by atoms with E-state index in [0.29, 0.717) is 25.1 Å². The average Bonchev–Trinajstić information content (AvgIpc) is 3.67. The van der Waals surface area contributed by atoms with E-state index in [1.54, 1.807) is 13.0 Å². The molecular formula is C32H36N4O5. The van der Waals surface area contributed by atoms with Crippen LogP contribution >= 0.6 is 0 Å². The SMILES string of the molecule is CCOc1c(C(=O)O)cnn1-c1cccc(C2=CCCC(C)=C2OCc2ccc3c(c2)CCN([C@H]2CCOC2)C3)n1. The molecule has 0 bridgehead atoms. The molecule has 1 aliphatic carbocycles. The lowest BCUT2D eigenvalue weighted by molar-refractivity contribution is 0.0692. The van der Waals surface area contributed by atoms with Gasteiger partial charge >= 0.3 is 5.97 Å². The van der Waals surface area contributed by atoms with Crippen molar-refractivity contribution in [2.24, 2.45) is 0 Å². The number of fused-ring (bicyclic) bond motifs is 1. The maximum absolute atomic E-state index is 11.7. The van der Waals surface area contributed by atoms with Crippen molar-refractivity contribution < 1.29 is 24.1 Å². The van der Waals surface area contributed by atoms with Crippen LogP contribution in [0.3, 0.4) is 0 Å². The monoisotopic (exact) mass is 556 g/mol. The summed E-state index contributed by atoms with van der Waals surface area (Å²) in [7, 11) is 0. The number of nitrogens with zero attached hydrogens (tertiary/aromatic N) is 4. The van der Waals surface area contributed by atoms with Gasteiger partial charge in [-0.15, -0.1) is 0 Å². The molecule has 1 N–H and O–H groups in total. The Hall–Kier alpha value is -3.95. The van der Waals surface area contributed by atoms with E-state index in [2.05, 4.69) is 41.2 Å². The van der Waals surface area contributed by atoms with Gasteiger partial charge in [0, 0.05) is 31.3 Å². The van der Waals surface area contributed by atoms with Gasteiger partial charge in [-0.1, -0.05) is 30.3 Å². The first kappa shape index (κ1) is 27.2. The number of hydrogen-bond acceptors (Lipinski definition) is 7. The van der Waals surface area contributed by atoms with Crippen LogP contribution < -0.4 is 4.74 Å². The third-order valence-electron chi connectivity index (χ3n) is 8.08. The van der Waals surface area contributed by atoms with Crippen LogP contribution in [0.2, 0.25) is 0 Å². The molecule has 3 aromatic rings. The number of hydrogen-bond donors (Lipinski definition) is 1. The molecule has 6 rings (SSSR count). The van der Waals surface area contributed by atoms with Crippen LogP contribution in [-0.2, 0) is 29.0 Å². The highest BCUT2D eigenvalue weighted by Gasteiger charge is 2.27. The van der Waals surface area contributed by atoms with Crippen molar-refractivity contribution in [2.45, 2.75) is 58.7 Å². The second-order valence-electron chi connectivity index (χ2n) is 10.8. The second kappa shape index (κ2) is 11.9. The van der Waals surface area contributed by atoms with Crippen molar-refractivity contribution in [2.75, 3.05) is 26.4 Å². The van der Waals surface area contributed by atoms with Crippen LogP contribution in [0.25, 0.3) is 11.4 Å². The molecule has 41 heavy (non-hydrogen) atoms. The first-order valence-electron chi connectivity index (χ1n) is 14.4. The number of pyridine rings is 1. The fourth-order valence-corrected chi connectivity index (χ4v) is 5.90. The minimum atomic E-state index is -1.09. The molecule has 9 nitrogen and oxygen atoms in total. The summed E-state index contributed by atoms with van der Waals surface area (Å²) in [6.45, 7) is 8.49. The molecule has 0 spiro atoms. The van der Waals surface area contributed by atoms with Crippen LogP contribution in [0, 0.1) is 0 Å². The van der Waals surface area contributed by atoms with Gasteiger partial charge < -0.3 is 19.3 Å². The maximum Gasteiger partial charge on any atom is 0.342 e. The van der Waals surface area contributed by atoms with Gasteiger partial charge in [-0.25, -0.2) is 9.78 Å². The van der Waals surface area contributed by atoms with E-state index in [-0.39, 0.29) is 11.4 Å². The van der Waals surface area contributed by atoms with E-state index in [0.717, 1.165) is 74.6 Å². The highest BCUT2D eigenvalue weighted by Crippen LogP contribution is 2.34. The standard InChI is InChI=1S/C32H36N4O5/c1-3-40-31-27(32(37)38)17-33-36(31)29-9-5-8-28(34-29)26-7-4-6-21(2)30(26)41-19-22-10-11-24-18-35(14-12-23(24)16-22)25-13-15-39-20-25/h5,7-11,16-17,25H,3-4,6,12-15,18-20H2,1-2H3,(H,37,38)/t25-/m0/s1. The smallest absolute Gasteiger partial charge is 0.342 e. The van der Waals surface area contributed by atoms with Gasteiger partial charge in [0.15, 0.2) is 5.82 Å². The van der Waals surface area contributed by atoms with E-state index in [4.69, 9.17) is 19.2 Å². The lowest BCUT2D eigenvalue weighted by Gasteiger charge is -2.33. The molecule has 2 aromatic heterocycles. The van der Waals surface area contributed by atoms with E-state index >= 15 is 0 Å². The summed E-state index contributed by atoms with van der Waals surface area (Å²) in [5.41, 5.74) is 6.83. The zero-order valence-electron chi connectivity index (χ0n) is 23.6. The first-order valence-corrected chi connectivity index (χ1v) is 14.4. The summed E-state index contributed by atoms with van der Waals surface area (Å²) in [5, 5.41) is 13.8. The van der Waals surface area contributed by atoms with Crippen LogP contribution in [0.4, 0.5) is 0 Å². The topological polar surface area (TPSA) is 98.9 Å². The Bertz CT molecular complexity index is 1500. The van der Waals surface area contributed by atoms with Gasteiger partial charge in [0.25, 0.3) is 0 Å². The molecule has 0 amide bonds. The Morgan fingerprint density at radius 1 is 1.17 bits per heavy atom. The quantitative estimate of drug-likeness (QED) is 0.385. The highest BCUT2D eigenvalue weighted by molar-refractivity contribution is 5.90.